The molecule has 0 aliphatic carbocycles. The number of para-hydroxylation sites is 1. The second-order valence-corrected chi connectivity index (χ2v) is 9.31. The summed E-state index contributed by atoms with van der Waals surface area (Å²) in [6.07, 6.45) is -3.13. The van der Waals surface area contributed by atoms with Gasteiger partial charge < -0.3 is 9.67 Å². The third kappa shape index (κ3) is 4.68. The molecule has 0 atom stereocenters. The van der Waals surface area contributed by atoms with E-state index in [9.17, 15) is 27.9 Å². The Morgan fingerprint density at radius 3 is 2.42 bits per heavy atom. The molecule has 3 aromatic carbocycles. The van der Waals surface area contributed by atoms with Gasteiger partial charge in [-0.25, -0.2) is 9.78 Å². The Labute approximate surface area is 226 Å². The number of aromatic nitrogens is 3. The van der Waals surface area contributed by atoms with Crippen molar-refractivity contribution < 1.29 is 23.1 Å². The van der Waals surface area contributed by atoms with Gasteiger partial charge in [-0.1, -0.05) is 30.3 Å². The summed E-state index contributed by atoms with van der Waals surface area (Å²) in [5, 5.41) is 14.2. The molecule has 0 aliphatic rings. The van der Waals surface area contributed by atoms with Crippen molar-refractivity contribution in [1.82, 2.24) is 14.2 Å². The van der Waals surface area contributed by atoms with Gasteiger partial charge in [-0.3, -0.25) is 4.79 Å². The second-order valence-electron chi connectivity index (χ2n) is 9.31. The molecule has 0 spiro atoms. The number of aryl methyl sites for hydroxylation is 1. The number of hydrogen-bond acceptors (Lipinski definition) is 4. The van der Waals surface area contributed by atoms with Crippen LogP contribution in [0, 0.1) is 20.8 Å². The van der Waals surface area contributed by atoms with Gasteiger partial charge in [0.25, 0.3) is 5.56 Å². The zero-order valence-electron chi connectivity index (χ0n) is 21.7. The lowest BCUT2D eigenvalue weighted by molar-refractivity contribution is -0.137. The van der Waals surface area contributed by atoms with Gasteiger partial charge in [0, 0.05) is 28.2 Å². The van der Waals surface area contributed by atoms with Crippen LogP contribution in [0.2, 0.25) is 0 Å². The third-order valence-electron chi connectivity index (χ3n) is 6.76. The minimum absolute atomic E-state index is 0.0372. The average molecular weight is 545 g/mol. The lowest BCUT2D eigenvalue weighted by Gasteiger charge is -2.14. The maximum Gasteiger partial charge on any atom is 0.416 e. The summed E-state index contributed by atoms with van der Waals surface area (Å²) in [4.78, 5) is 29.6. The highest BCUT2D eigenvalue weighted by atomic mass is 19.4. The molecular weight excluding hydrogens is 521 g/mol. The van der Waals surface area contributed by atoms with Crippen LogP contribution in [0.15, 0.2) is 82.7 Å². The van der Waals surface area contributed by atoms with Crippen LogP contribution < -0.4 is 5.56 Å². The molecule has 0 saturated carbocycles. The van der Waals surface area contributed by atoms with Crippen molar-refractivity contribution in [1.29, 1.82) is 0 Å². The van der Waals surface area contributed by atoms with Gasteiger partial charge in [-0.15, -0.1) is 0 Å². The molecule has 2 aromatic heterocycles. The fourth-order valence-electron chi connectivity index (χ4n) is 4.76. The Bertz CT molecular complexity index is 1880. The molecule has 0 aliphatic heterocycles. The standard InChI is InChI=1S/C30H23F3N4O3/c1-17-14-21(19(3)36(17)26-13-7-11-23(18(26)2)29(39)40)16-34-37-27(20-8-6-9-22(15-20)30(31,32)33)35-25-12-5-4-10-24(25)28(37)38/h4-16H,1-3H3,(H,39,40). The largest absolute Gasteiger partial charge is 0.478 e. The van der Waals surface area contributed by atoms with Crippen molar-refractivity contribution in [3.05, 3.63) is 117 Å². The molecule has 0 bridgehead atoms. The fraction of sp³-hybridized carbons (Fsp3) is 0.133. The number of hydrogen-bond donors (Lipinski definition) is 1. The first-order valence-corrected chi connectivity index (χ1v) is 12.2. The first kappa shape index (κ1) is 26.6. The number of benzene rings is 3. The van der Waals surface area contributed by atoms with Crippen LogP contribution in [0.1, 0.15) is 38.4 Å². The lowest BCUT2D eigenvalue weighted by atomic mass is 10.1. The molecule has 0 saturated heterocycles. The number of nitrogens with zero attached hydrogens (tertiary/aromatic N) is 4. The summed E-state index contributed by atoms with van der Waals surface area (Å²) in [5.74, 6) is -1.07. The summed E-state index contributed by atoms with van der Waals surface area (Å²) < 4.78 is 43.3. The van der Waals surface area contributed by atoms with Crippen LogP contribution in [0.3, 0.4) is 0 Å². The average Bonchev–Trinajstić information content (AvgIpc) is 3.20. The summed E-state index contributed by atoms with van der Waals surface area (Å²) in [7, 11) is 0. The monoisotopic (exact) mass is 544 g/mol. The third-order valence-corrected chi connectivity index (χ3v) is 6.76. The summed E-state index contributed by atoms with van der Waals surface area (Å²) in [6.45, 7) is 5.42. The van der Waals surface area contributed by atoms with Gasteiger partial charge in [0.15, 0.2) is 5.82 Å². The molecule has 202 valence electrons. The normalized spacial score (nSPS) is 11.9. The van der Waals surface area contributed by atoms with E-state index in [1.54, 1.807) is 37.3 Å². The minimum Gasteiger partial charge on any atom is -0.478 e. The van der Waals surface area contributed by atoms with Gasteiger partial charge in [-0.2, -0.15) is 22.9 Å². The van der Waals surface area contributed by atoms with E-state index in [0.29, 0.717) is 22.3 Å². The number of carboxylic acid groups (broad SMARTS) is 1. The van der Waals surface area contributed by atoms with Gasteiger partial charge in [0.2, 0.25) is 0 Å². The van der Waals surface area contributed by atoms with E-state index in [1.165, 1.54) is 24.4 Å². The molecule has 40 heavy (non-hydrogen) atoms. The van der Waals surface area contributed by atoms with Crippen LogP contribution in [0.4, 0.5) is 13.2 Å². The SMILES string of the molecule is Cc1c(C(=O)O)cccc1-n1c(C)cc(C=Nn2c(-c3cccc(C(F)(F)F)c3)nc3ccccc3c2=O)c1C. The Kier molecular flexibility index (Phi) is 6.62. The predicted molar refractivity (Wildman–Crippen MR) is 146 cm³/mol. The fourth-order valence-corrected chi connectivity index (χ4v) is 4.76. The van der Waals surface area contributed by atoms with E-state index in [4.69, 9.17) is 0 Å². The van der Waals surface area contributed by atoms with E-state index >= 15 is 0 Å². The molecular formula is C30H23F3N4O3. The van der Waals surface area contributed by atoms with Crippen molar-refractivity contribution >= 4 is 23.1 Å². The molecule has 5 rings (SSSR count). The summed E-state index contributed by atoms with van der Waals surface area (Å²) in [6, 6.07) is 18.0. The second kappa shape index (κ2) is 9.96. The number of carboxylic acids is 1. The van der Waals surface area contributed by atoms with E-state index in [2.05, 4.69) is 10.1 Å². The van der Waals surface area contributed by atoms with Crippen molar-refractivity contribution in [3.63, 3.8) is 0 Å². The number of fused-ring (bicyclic) bond motifs is 1. The topological polar surface area (TPSA) is 89.5 Å². The highest BCUT2D eigenvalue weighted by Crippen LogP contribution is 2.32. The van der Waals surface area contributed by atoms with Crippen molar-refractivity contribution in [2.24, 2.45) is 5.10 Å². The minimum atomic E-state index is -4.57. The highest BCUT2D eigenvalue weighted by molar-refractivity contribution is 5.90. The maximum absolute atomic E-state index is 13.5. The predicted octanol–water partition coefficient (Wildman–Crippen LogP) is 6.38. The molecule has 5 aromatic rings. The molecule has 0 radical (unpaired) electrons. The Balaban J connectivity index is 1.67. The Morgan fingerprint density at radius 1 is 0.975 bits per heavy atom. The maximum atomic E-state index is 13.5. The van der Waals surface area contributed by atoms with Crippen LogP contribution in [0.5, 0.6) is 0 Å². The molecule has 0 unspecified atom stereocenters. The molecule has 1 N–H and O–H groups in total. The molecule has 10 heteroatoms. The van der Waals surface area contributed by atoms with Crippen LogP contribution in [-0.2, 0) is 6.18 Å². The molecule has 0 amide bonds. The Hall–Kier alpha value is -4.99. The van der Waals surface area contributed by atoms with Gasteiger partial charge in [0.05, 0.1) is 28.2 Å². The van der Waals surface area contributed by atoms with Gasteiger partial charge in [-0.05, 0) is 68.8 Å². The van der Waals surface area contributed by atoms with E-state index in [1.807, 2.05) is 30.5 Å². The smallest absolute Gasteiger partial charge is 0.416 e. The van der Waals surface area contributed by atoms with Crippen molar-refractivity contribution in [3.8, 4) is 17.1 Å². The number of rotatable bonds is 5. The van der Waals surface area contributed by atoms with E-state index in [0.717, 1.165) is 28.2 Å². The summed E-state index contributed by atoms with van der Waals surface area (Å²) in [5.41, 5.74) is 2.62. The number of aromatic carboxylic acids is 1. The quantitative estimate of drug-likeness (QED) is 0.260. The van der Waals surface area contributed by atoms with E-state index < -0.39 is 23.3 Å². The van der Waals surface area contributed by atoms with Gasteiger partial charge >= 0.3 is 12.1 Å². The van der Waals surface area contributed by atoms with Crippen molar-refractivity contribution in [2.45, 2.75) is 26.9 Å². The molecule has 7 nitrogen and oxygen atoms in total. The zero-order chi connectivity index (χ0) is 28.8. The number of carbonyl (C=O) groups is 1. The van der Waals surface area contributed by atoms with Crippen LogP contribution in [0.25, 0.3) is 28.0 Å². The lowest BCUT2D eigenvalue weighted by Crippen LogP contribution is -2.20. The molecule has 2 heterocycles. The van der Waals surface area contributed by atoms with Gasteiger partial charge in [0.1, 0.15) is 0 Å². The Morgan fingerprint density at radius 2 is 1.70 bits per heavy atom. The molecule has 0 fully saturated rings. The number of halogens is 3. The first-order chi connectivity index (χ1) is 19.0. The van der Waals surface area contributed by atoms with Crippen molar-refractivity contribution in [2.75, 3.05) is 0 Å². The van der Waals surface area contributed by atoms with Crippen LogP contribution in [-0.4, -0.2) is 31.5 Å². The van der Waals surface area contributed by atoms with Crippen LogP contribution >= 0.6 is 0 Å². The summed E-state index contributed by atoms with van der Waals surface area (Å²) >= 11 is 0. The highest BCUT2D eigenvalue weighted by Gasteiger charge is 2.31. The van der Waals surface area contributed by atoms with E-state index in [-0.39, 0.29) is 22.3 Å². The first-order valence-electron chi connectivity index (χ1n) is 12.2. The number of alkyl halides is 3. The zero-order valence-corrected chi connectivity index (χ0v) is 21.7.